The summed E-state index contributed by atoms with van der Waals surface area (Å²) >= 11 is 3.53. The van der Waals surface area contributed by atoms with Crippen molar-refractivity contribution in [3.05, 3.63) is 46.2 Å². The summed E-state index contributed by atoms with van der Waals surface area (Å²) in [6.45, 7) is 5.85. The Bertz CT molecular complexity index is 583. The molecule has 0 radical (unpaired) electrons. The molecule has 1 aromatic carbocycles. The predicted octanol–water partition coefficient (Wildman–Crippen LogP) is 3.47. The summed E-state index contributed by atoms with van der Waals surface area (Å²) in [7, 11) is 1.93. The van der Waals surface area contributed by atoms with E-state index in [4.69, 9.17) is 4.74 Å². The first-order valence-corrected chi connectivity index (χ1v) is 8.02. The number of halogens is 1. The number of nitrogens with one attached hydrogen (secondary N) is 1. The molecule has 2 aromatic rings. The number of hydrogen-bond acceptors (Lipinski definition) is 3. The van der Waals surface area contributed by atoms with Gasteiger partial charge in [-0.15, -0.1) is 0 Å². The zero-order valence-electron chi connectivity index (χ0n) is 12.8. The highest BCUT2D eigenvalue weighted by Crippen LogP contribution is 2.28. The van der Waals surface area contributed by atoms with Crippen LogP contribution < -0.4 is 10.1 Å². The summed E-state index contributed by atoms with van der Waals surface area (Å²) in [5.74, 6) is 0.940. The Morgan fingerprint density at radius 3 is 2.90 bits per heavy atom. The van der Waals surface area contributed by atoms with Crippen LogP contribution in [0.5, 0.6) is 5.75 Å². The second-order valence-corrected chi connectivity index (χ2v) is 6.00. The fourth-order valence-corrected chi connectivity index (χ4v) is 2.66. The summed E-state index contributed by atoms with van der Waals surface area (Å²) in [4.78, 5) is 0. The predicted molar refractivity (Wildman–Crippen MR) is 88.6 cm³/mol. The molecule has 0 fully saturated rings. The number of hydrogen-bond donors (Lipinski definition) is 1. The molecule has 1 heterocycles. The van der Waals surface area contributed by atoms with Gasteiger partial charge in [-0.1, -0.05) is 22.9 Å². The van der Waals surface area contributed by atoms with Crippen molar-refractivity contribution in [1.29, 1.82) is 0 Å². The topological polar surface area (TPSA) is 39.1 Å². The Morgan fingerprint density at radius 2 is 2.24 bits per heavy atom. The molecule has 0 saturated heterocycles. The molecule has 1 aromatic heterocycles. The van der Waals surface area contributed by atoms with Crippen molar-refractivity contribution in [3.8, 4) is 5.75 Å². The minimum absolute atomic E-state index is 0.265. The van der Waals surface area contributed by atoms with Crippen molar-refractivity contribution >= 4 is 15.9 Å². The number of aryl methyl sites for hydroxylation is 1. The van der Waals surface area contributed by atoms with E-state index < -0.39 is 0 Å². The molecule has 0 amide bonds. The van der Waals surface area contributed by atoms with Gasteiger partial charge in [0, 0.05) is 35.7 Å². The van der Waals surface area contributed by atoms with Gasteiger partial charge in [0.2, 0.25) is 0 Å². The SMILES string of the molecule is CCNC(C)c1cc(Br)ccc1OCCc1cnn(C)c1. The molecule has 114 valence electrons. The number of nitrogens with zero attached hydrogens (tertiary/aromatic N) is 2. The van der Waals surface area contributed by atoms with Gasteiger partial charge in [0.25, 0.3) is 0 Å². The van der Waals surface area contributed by atoms with E-state index >= 15 is 0 Å². The van der Waals surface area contributed by atoms with Crippen LogP contribution in [0.1, 0.15) is 31.0 Å². The minimum Gasteiger partial charge on any atom is -0.493 e. The van der Waals surface area contributed by atoms with Gasteiger partial charge in [0.1, 0.15) is 5.75 Å². The van der Waals surface area contributed by atoms with Crippen LogP contribution >= 0.6 is 15.9 Å². The van der Waals surface area contributed by atoms with E-state index in [1.165, 1.54) is 11.1 Å². The molecular weight excluding hydrogens is 330 g/mol. The van der Waals surface area contributed by atoms with Crippen molar-refractivity contribution in [2.75, 3.05) is 13.2 Å². The first kappa shape index (κ1) is 16.0. The van der Waals surface area contributed by atoms with Crippen molar-refractivity contribution < 1.29 is 4.74 Å². The normalized spacial score (nSPS) is 12.4. The zero-order chi connectivity index (χ0) is 15.2. The number of rotatable bonds is 7. The molecule has 1 N–H and O–H groups in total. The van der Waals surface area contributed by atoms with E-state index in [9.17, 15) is 0 Å². The molecule has 4 nitrogen and oxygen atoms in total. The summed E-state index contributed by atoms with van der Waals surface area (Å²) in [6, 6.07) is 6.42. The first-order valence-electron chi connectivity index (χ1n) is 7.23. The summed E-state index contributed by atoms with van der Waals surface area (Å²) in [5, 5.41) is 7.60. The first-order chi connectivity index (χ1) is 10.1. The molecule has 0 aliphatic carbocycles. The van der Waals surface area contributed by atoms with Gasteiger partial charge < -0.3 is 10.1 Å². The molecule has 0 aliphatic heterocycles. The monoisotopic (exact) mass is 351 g/mol. The van der Waals surface area contributed by atoms with E-state index in [1.54, 1.807) is 0 Å². The maximum atomic E-state index is 5.97. The second kappa shape index (κ2) is 7.61. The van der Waals surface area contributed by atoms with Gasteiger partial charge in [0.15, 0.2) is 0 Å². The van der Waals surface area contributed by atoms with Crippen molar-refractivity contribution in [2.45, 2.75) is 26.3 Å². The lowest BCUT2D eigenvalue weighted by molar-refractivity contribution is 0.315. The number of aromatic nitrogens is 2. The lowest BCUT2D eigenvalue weighted by atomic mass is 10.1. The molecule has 2 rings (SSSR count). The summed E-state index contributed by atoms with van der Waals surface area (Å²) in [6.07, 6.45) is 4.76. The van der Waals surface area contributed by atoms with E-state index in [2.05, 4.69) is 46.3 Å². The largest absolute Gasteiger partial charge is 0.493 e. The molecule has 1 unspecified atom stereocenters. The molecule has 1 atom stereocenters. The van der Waals surface area contributed by atoms with Gasteiger partial charge in [-0.25, -0.2) is 0 Å². The molecule has 0 aliphatic rings. The molecule has 21 heavy (non-hydrogen) atoms. The van der Waals surface area contributed by atoms with Crippen LogP contribution in [0.25, 0.3) is 0 Å². The third-order valence-electron chi connectivity index (χ3n) is 3.36. The zero-order valence-corrected chi connectivity index (χ0v) is 14.4. The van der Waals surface area contributed by atoms with Crippen LogP contribution in [0.3, 0.4) is 0 Å². The highest BCUT2D eigenvalue weighted by molar-refractivity contribution is 9.10. The maximum absolute atomic E-state index is 5.97. The lowest BCUT2D eigenvalue weighted by Gasteiger charge is -2.18. The van der Waals surface area contributed by atoms with Crippen LogP contribution in [0.2, 0.25) is 0 Å². The summed E-state index contributed by atoms with van der Waals surface area (Å²) < 4.78 is 8.86. The van der Waals surface area contributed by atoms with Gasteiger partial charge in [-0.2, -0.15) is 5.10 Å². The highest BCUT2D eigenvalue weighted by atomic mass is 79.9. The Hall–Kier alpha value is -1.33. The van der Waals surface area contributed by atoms with Crippen molar-refractivity contribution in [3.63, 3.8) is 0 Å². The van der Waals surface area contributed by atoms with Crippen LogP contribution in [0.15, 0.2) is 35.1 Å². The fourth-order valence-electron chi connectivity index (χ4n) is 2.29. The third-order valence-corrected chi connectivity index (χ3v) is 3.85. The molecule has 0 bridgehead atoms. The average Bonchev–Trinajstić information content (AvgIpc) is 2.86. The Balaban J connectivity index is 2.01. The number of ether oxygens (including phenoxy) is 1. The van der Waals surface area contributed by atoms with Crippen LogP contribution in [0, 0.1) is 0 Å². The fraction of sp³-hybridized carbons (Fsp3) is 0.438. The minimum atomic E-state index is 0.265. The Labute approximate surface area is 134 Å². The quantitative estimate of drug-likeness (QED) is 0.829. The van der Waals surface area contributed by atoms with Crippen LogP contribution in [-0.2, 0) is 13.5 Å². The maximum Gasteiger partial charge on any atom is 0.124 e. The van der Waals surface area contributed by atoms with E-state index in [1.807, 2.05) is 36.3 Å². The van der Waals surface area contributed by atoms with Crippen LogP contribution in [0.4, 0.5) is 0 Å². The number of benzene rings is 1. The standard InChI is InChI=1S/C16H22BrN3O/c1-4-18-12(2)15-9-14(17)5-6-16(15)21-8-7-13-10-19-20(3)11-13/h5-6,9-12,18H,4,7-8H2,1-3H3. The average molecular weight is 352 g/mol. The van der Waals surface area contributed by atoms with Gasteiger partial charge in [0.05, 0.1) is 12.8 Å². The van der Waals surface area contributed by atoms with Crippen molar-refractivity contribution in [1.82, 2.24) is 15.1 Å². The van der Waals surface area contributed by atoms with Gasteiger partial charge >= 0.3 is 0 Å². The van der Waals surface area contributed by atoms with E-state index in [0.29, 0.717) is 6.61 Å². The highest BCUT2D eigenvalue weighted by Gasteiger charge is 2.11. The Kier molecular flexibility index (Phi) is 5.82. The lowest BCUT2D eigenvalue weighted by Crippen LogP contribution is -2.18. The smallest absolute Gasteiger partial charge is 0.124 e. The van der Waals surface area contributed by atoms with Crippen molar-refractivity contribution in [2.24, 2.45) is 7.05 Å². The van der Waals surface area contributed by atoms with Gasteiger partial charge in [-0.3, -0.25) is 4.68 Å². The second-order valence-electron chi connectivity index (χ2n) is 5.08. The van der Waals surface area contributed by atoms with Crippen LogP contribution in [-0.4, -0.2) is 22.9 Å². The molecule has 0 spiro atoms. The third kappa shape index (κ3) is 4.58. The van der Waals surface area contributed by atoms with E-state index in [-0.39, 0.29) is 6.04 Å². The van der Waals surface area contributed by atoms with Gasteiger partial charge in [-0.05, 0) is 37.2 Å². The molecule has 0 saturated carbocycles. The summed E-state index contributed by atoms with van der Waals surface area (Å²) in [5.41, 5.74) is 2.37. The molecule has 5 heteroatoms. The molecular formula is C16H22BrN3O. The van der Waals surface area contributed by atoms with E-state index in [0.717, 1.165) is 23.2 Å². The Morgan fingerprint density at radius 1 is 1.43 bits per heavy atom.